The number of hydrogen-bond donors (Lipinski definition) is 0. The number of hydrogen-bond acceptors (Lipinski definition) is 6. The topological polar surface area (TPSA) is 70.1 Å². The van der Waals surface area contributed by atoms with Crippen molar-refractivity contribution in [2.24, 2.45) is 0 Å². The summed E-state index contributed by atoms with van der Waals surface area (Å²) in [5.41, 5.74) is 2.49. The van der Waals surface area contributed by atoms with E-state index < -0.39 is 0 Å². The summed E-state index contributed by atoms with van der Waals surface area (Å²) < 4.78 is 22.1. The zero-order valence-corrected chi connectivity index (χ0v) is 20.0. The maximum Gasteiger partial charge on any atom is 0.272 e. The molecule has 0 atom stereocenters. The molecule has 2 heterocycles. The molecule has 1 amide bonds. The molecule has 3 aromatic rings. The Hall–Kier alpha value is -3.29. The molecule has 1 saturated heterocycles. The first-order valence-electron chi connectivity index (χ1n) is 11.0. The lowest BCUT2D eigenvalue weighted by Gasteiger charge is -2.39. The number of pyridine rings is 1. The molecule has 1 aromatic heterocycles. The van der Waals surface area contributed by atoms with E-state index in [1.165, 1.54) is 0 Å². The van der Waals surface area contributed by atoms with Crippen molar-refractivity contribution in [2.45, 2.75) is 12.5 Å². The Labute approximate surface area is 204 Å². The molecule has 0 saturated carbocycles. The van der Waals surface area contributed by atoms with E-state index in [9.17, 15) is 4.79 Å². The second-order valence-corrected chi connectivity index (χ2v) is 8.39. The molecule has 34 heavy (non-hydrogen) atoms. The predicted molar refractivity (Wildman–Crippen MR) is 129 cm³/mol. The van der Waals surface area contributed by atoms with Gasteiger partial charge in [0.25, 0.3) is 5.91 Å². The number of aromatic nitrogens is 1. The number of amides is 1. The minimum absolute atomic E-state index is 0.108. The van der Waals surface area contributed by atoms with Gasteiger partial charge in [-0.25, -0.2) is 0 Å². The minimum atomic E-state index is -0.108. The smallest absolute Gasteiger partial charge is 0.272 e. The number of ether oxygens (including phenoxy) is 4. The van der Waals surface area contributed by atoms with Crippen LogP contribution in [-0.2, 0) is 11.3 Å². The number of benzene rings is 2. The summed E-state index contributed by atoms with van der Waals surface area (Å²) in [4.78, 5) is 18.8. The van der Waals surface area contributed by atoms with Gasteiger partial charge in [0, 0.05) is 43.4 Å². The molecule has 0 unspecified atom stereocenters. The lowest BCUT2D eigenvalue weighted by molar-refractivity contribution is 0.0595. The lowest BCUT2D eigenvalue weighted by Crippen LogP contribution is -2.48. The Balaban J connectivity index is 1.34. The molecule has 4 rings (SSSR count). The molecule has 1 fully saturated rings. The standard InChI is InChI=1S/C26H27ClN2O5/c1-31-11-12-33-22-9-10-28-23(14-22)26(30)29-15-20(16-29)19-5-8-24(25(13-19)32-2)34-17-18-3-6-21(27)7-4-18/h3-10,13-14,20H,11-12,15-17H2,1-2H3. The van der Waals surface area contributed by atoms with Crippen LogP contribution in [0.3, 0.4) is 0 Å². The van der Waals surface area contributed by atoms with Gasteiger partial charge in [0.1, 0.15) is 24.7 Å². The van der Waals surface area contributed by atoms with Crippen LogP contribution in [0.2, 0.25) is 5.02 Å². The molecule has 178 valence electrons. The van der Waals surface area contributed by atoms with Crippen molar-refractivity contribution in [3.63, 3.8) is 0 Å². The number of carbonyl (C=O) groups is 1. The molecule has 8 heteroatoms. The van der Waals surface area contributed by atoms with Gasteiger partial charge in [-0.3, -0.25) is 9.78 Å². The molecule has 0 spiro atoms. The summed E-state index contributed by atoms with van der Waals surface area (Å²) in [6.45, 7) is 2.54. The van der Waals surface area contributed by atoms with Gasteiger partial charge >= 0.3 is 0 Å². The van der Waals surface area contributed by atoms with Crippen LogP contribution in [0.25, 0.3) is 0 Å². The van der Waals surface area contributed by atoms with Crippen molar-refractivity contribution < 1.29 is 23.7 Å². The monoisotopic (exact) mass is 482 g/mol. The Morgan fingerprint density at radius 2 is 1.79 bits per heavy atom. The van der Waals surface area contributed by atoms with Crippen LogP contribution in [0.15, 0.2) is 60.8 Å². The fraction of sp³-hybridized carbons (Fsp3) is 0.308. The third-order valence-corrected chi connectivity index (χ3v) is 5.89. The largest absolute Gasteiger partial charge is 0.493 e. The van der Waals surface area contributed by atoms with E-state index in [0.717, 1.165) is 11.1 Å². The predicted octanol–water partition coefficient (Wildman–Crippen LogP) is 4.59. The number of carbonyl (C=O) groups excluding carboxylic acids is 1. The SMILES string of the molecule is COCCOc1ccnc(C(=O)N2CC(c3ccc(OCc4ccc(Cl)cc4)c(OC)c3)C2)c1. The van der Waals surface area contributed by atoms with Gasteiger partial charge in [-0.15, -0.1) is 0 Å². The Morgan fingerprint density at radius 3 is 2.53 bits per heavy atom. The van der Waals surface area contributed by atoms with Gasteiger partial charge < -0.3 is 23.8 Å². The van der Waals surface area contributed by atoms with Crippen LogP contribution in [0.5, 0.6) is 17.2 Å². The van der Waals surface area contributed by atoms with Gasteiger partial charge in [-0.1, -0.05) is 29.8 Å². The van der Waals surface area contributed by atoms with Gasteiger partial charge in [0.15, 0.2) is 11.5 Å². The summed E-state index contributed by atoms with van der Waals surface area (Å²) in [6.07, 6.45) is 1.58. The number of halogens is 1. The first kappa shape index (κ1) is 23.9. The fourth-order valence-electron chi connectivity index (χ4n) is 3.68. The van der Waals surface area contributed by atoms with E-state index in [1.807, 2.05) is 42.5 Å². The summed E-state index contributed by atoms with van der Waals surface area (Å²) in [5.74, 6) is 2.06. The molecular formula is C26H27ClN2O5. The average molecular weight is 483 g/mol. The van der Waals surface area contributed by atoms with Crippen LogP contribution < -0.4 is 14.2 Å². The highest BCUT2D eigenvalue weighted by Gasteiger charge is 2.33. The Bertz CT molecular complexity index is 1120. The second-order valence-electron chi connectivity index (χ2n) is 7.95. The third kappa shape index (κ3) is 5.79. The molecule has 1 aliphatic rings. The first-order chi connectivity index (χ1) is 16.6. The highest BCUT2D eigenvalue weighted by molar-refractivity contribution is 6.30. The lowest BCUT2D eigenvalue weighted by atomic mass is 9.91. The quantitative estimate of drug-likeness (QED) is 0.394. The van der Waals surface area contributed by atoms with E-state index in [0.29, 0.717) is 60.9 Å². The van der Waals surface area contributed by atoms with Crippen molar-refractivity contribution >= 4 is 17.5 Å². The van der Waals surface area contributed by atoms with E-state index in [2.05, 4.69) is 4.98 Å². The van der Waals surface area contributed by atoms with Crippen LogP contribution in [0, 0.1) is 0 Å². The molecule has 1 aliphatic heterocycles. The van der Waals surface area contributed by atoms with Gasteiger partial charge in [0.2, 0.25) is 0 Å². The number of nitrogens with zero attached hydrogens (tertiary/aromatic N) is 2. The number of rotatable bonds is 10. The van der Waals surface area contributed by atoms with Gasteiger partial charge in [0.05, 0.1) is 13.7 Å². The molecule has 2 aromatic carbocycles. The summed E-state index contributed by atoms with van der Waals surface area (Å²) in [6, 6.07) is 16.8. The fourth-order valence-corrected chi connectivity index (χ4v) is 3.80. The molecular weight excluding hydrogens is 456 g/mol. The van der Waals surface area contributed by atoms with E-state index in [-0.39, 0.29) is 11.8 Å². The van der Waals surface area contributed by atoms with Crippen LogP contribution >= 0.6 is 11.6 Å². The molecule has 0 aliphatic carbocycles. The zero-order valence-electron chi connectivity index (χ0n) is 19.2. The van der Waals surface area contributed by atoms with Crippen molar-refractivity contribution in [1.82, 2.24) is 9.88 Å². The third-order valence-electron chi connectivity index (χ3n) is 5.64. The van der Waals surface area contributed by atoms with Gasteiger partial charge in [-0.2, -0.15) is 0 Å². The Kier molecular flexibility index (Phi) is 7.87. The van der Waals surface area contributed by atoms with Crippen molar-refractivity contribution in [3.8, 4) is 17.2 Å². The normalized spacial score (nSPS) is 13.3. The zero-order chi connectivity index (χ0) is 23.9. The van der Waals surface area contributed by atoms with E-state index >= 15 is 0 Å². The average Bonchev–Trinajstić information content (AvgIpc) is 2.83. The molecule has 7 nitrogen and oxygen atoms in total. The van der Waals surface area contributed by atoms with Crippen LogP contribution in [0.1, 0.15) is 27.5 Å². The summed E-state index contributed by atoms with van der Waals surface area (Å²) in [5, 5.41) is 0.692. The minimum Gasteiger partial charge on any atom is -0.493 e. The van der Waals surface area contributed by atoms with E-state index in [4.69, 9.17) is 30.5 Å². The van der Waals surface area contributed by atoms with Crippen LogP contribution in [0.4, 0.5) is 0 Å². The van der Waals surface area contributed by atoms with Crippen molar-refractivity contribution in [2.75, 3.05) is 40.5 Å². The highest BCUT2D eigenvalue weighted by atomic mass is 35.5. The summed E-state index contributed by atoms with van der Waals surface area (Å²) >= 11 is 5.94. The Morgan fingerprint density at radius 1 is 1.00 bits per heavy atom. The van der Waals surface area contributed by atoms with Crippen LogP contribution in [-0.4, -0.2) is 56.3 Å². The second kappa shape index (κ2) is 11.2. The molecule has 0 bridgehead atoms. The number of likely N-dealkylation sites (tertiary alicyclic amines) is 1. The van der Waals surface area contributed by atoms with Crippen molar-refractivity contribution in [3.05, 3.63) is 82.6 Å². The number of methoxy groups -OCH3 is 2. The van der Waals surface area contributed by atoms with Gasteiger partial charge in [-0.05, 0) is 41.5 Å². The molecule has 0 N–H and O–H groups in total. The maximum absolute atomic E-state index is 12.8. The summed E-state index contributed by atoms with van der Waals surface area (Å²) in [7, 11) is 3.24. The molecule has 0 radical (unpaired) electrons. The van der Waals surface area contributed by atoms with E-state index in [1.54, 1.807) is 37.4 Å². The highest BCUT2D eigenvalue weighted by Crippen LogP contribution is 2.35. The van der Waals surface area contributed by atoms with Crippen molar-refractivity contribution in [1.29, 1.82) is 0 Å². The maximum atomic E-state index is 12.8. The first-order valence-corrected chi connectivity index (χ1v) is 11.4.